The summed E-state index contributed by atoms with van der Waals surface area (Å²) in [5.74, 6) is 0.640. The summed E-state index contributed by atoms with van der Waals surface area (Å²) in [6, 6.07) is 1.54. The van der Waals surface area contributed by atoms with Gasteiger partial charge in [0.1, 0.15) is 0 Å². The summed E-state index contributed by atoms with van der Waals surface area (Å²) in [5.41, 5.74) is 0.658. The first kappa shape index (κ1) is 14.0. The van der Waals surface area contributed by atoms with Crippen LogP contribution in [0.5, 0.6) is 0 Å². The molecule has 19 heavy (non-hydrogen) atoms. The number of aromatic amines is 1. The molecule has 1 saturated heterocycles. The largest absolute Gasteiger partial charge is 0.378 e. The molecule has 1 fully saturated rings. The summed E-state index contributed by atoms with van der Waals surface area (Å²) in [5, 5.41) is 3.34. The Morgan fingerprint density at radius 1 is 1.42 bits per heavy atom. The smallest absolute Gasteiger partial charge is 0.252 e. The van der Waals surface area contributed by atoms with E-state index in [2.05, 4.69) is 36.1 Å². The van der Waals surface area contributed by atoms with Crippen LogP contribution in [0.2, 0.25) is 0 Å². The Morgan fingerprint density at radius 2 is 2.11 bits per heavy atom. The molecule has 6 heteroatoms. The Morgan fingerprint density at radius 3 is 2.74 bits per heavy atom. The van der Waals surface area contributed by atoms with E-state index < -0.39 is 0 Å². The number of ether oxygens (including phenoxy) is 1. The number of hydrogen-bond acceptors (Lipinski definition) is 5. The third-order valence-electron chi connectivity index (χ3n) is 2.89. The molecule has 0 aromatic carbocycles. The van der Waals surface area contributed by atoms with E-state index in [0.29, 0.717) is 25.7 Å². The van der Waals surface area contributed by atoms with Gasteiger partial charge in [0, 0.05) is 31.2 Å². The number of rotatable bonds is 3. The summed E-state index contributed by atoms with van der Waals surface area (Å²) in [7, 11) is 0. The number of hydrogen-bond donors (Lipinski definition) is 2. The van der Waals surface area contributed by atoms with Crippen molar-refractivity contribution in [3.05, 3.63) is 22.1 Å². The number of anilines is 1. The molecule has 0 atom stereocenters. The molecule has 0 spiro atoms. The van der Waals surface area contributed by atoms with E-state index in [9.17, 15) is 4.79 Å². The summed E-state index contributed by atoms with van der Waals surface area (Å²) in [6.45, 7) is 9.72. The molecule has 1 aliphatic rings. The minimum absolute atomic E-state index is 0.00338. The Balaban J connectivity index is 2.12. The lowest BCUT2D eigenvalue weighted by atomic mass is 10.1. The number of H-pyrrole nitrogens is 1. The lowest BCUT2D eigenvalue weighted by Crippen LogP contribution is -2.39. The van der Waals surface area contributed by atoms with Crippen molar-refractivity contribution < 1.29 is 4.74 Å². The molecule has 0 aliphatic carbocycles. The molecule has 6 nitrogen and oxygen atoms in total. The molecule has 0 saturated carbocycles. The van der Waals surface area contributed by atoms with Crippen LogP contribution in [0.1, 0.15) is 26.5 Å². The van der Waals surface area contributed by atoms with Crippen molar-refractivity contribution in [2.24, 2.45) is 0 Å². The Kier molecular flexibility index (Phi) is 4.21. The molecule has 1 aliphatic heterocycles. The lowest BCUT2D eigenvalue weighted by Gasteiger charge is -2.27. The Labute approximate surface area is 113 Å². The molecule has 106 valence electrons. The van der Waals surface area contributed by atoms with Crippen molar-refractivity contribution in [3.8, 4) is 0 Å². The molecule has 2 heterocycles. The van der Waals surface area contributed by atoms with Crippen molar-refractivity contribution in [2.75, 3.05) is 31.2 Å². The average Bonchev–Trinajstić information content (AvgIpc) is 2.36. The molecule has 2 N–H and O–H groups in total. The first-order valence-corrected chi connectivity index (χ1v) is 6.62. The van der Waals surface area contributed by atoms with Crippen molar-refractivity contribution >= 4 is 5.95 Å². The predicted octanol–water partition coefficient (Wildman–Crippen LogP) is 0.495. The van der Waals surface area contributed by atoms with Gasteiger partial charge >= 0.3 is 0 Å². The van der Waals surface area contributed by atoms with Crippen LogP contribution in [0, 0.1) is 0 Å². The zero-order valence-electron chi connectivity index (χ0n) is 11.8. The zero-order valence-corrected chi connectivity index (χ0v) is 11.8. The van der Waals surface area contributed by atoms with Gasteiger partial charge in [-0.3, -0.25) is 9.78 Å². The number of morpholine rings is 1. The second kappa shape index (κ2) is 5.71. The summed E-state index contributed by atoms with van der Waals surface area (Å²) in [6.07, 6.45) is 0. The maximum atomic E-state index is 11.7. The van der Waals surface area contributed by atoms with Crippen LogP contribution in [0.15, 0.2) is 10.9 Å². The third-order valence-corrected chi connectivity index (χ3v) is 2.89. The van der Waals surface area contributed by atoms with Gasteiger partial charge in [-0.15, -0.1) is 0 Å². The van der Waals surface area contributed by atoms with Crippen LogP contribution >= 0.6 is 0 Å². The molecule has 2 rings (SSSR count). The highest BCUT2D eigenvalue weighted by Crippen LogP contribution is 2.09. The first-order chi connectivity index (χ1) is 8.94. The van der Waals surface area contributed by atoms with E-state index in [1.165, 1.54) is 0 Å². The van der Waals surface area contributed by atoms with Gasteiger partial charge in [0.05, 0.1) is 18.9 Å². The van der Waals surface area contributed by atoms with Crippen LogP contribution in [0.25, 0.3) is 0 Å². The van der Waals surface area contributed by atoms with Crippen molar-refractivity contribution in [1.82, 2.24) is 15.3 Å². The van der Waals surface area contributed by atoms with Gasteiger partial charge in [-0.2, -0.15) is 0 Å². The lowest BCUT2D eigenvalue weighted by molar-refractivity contribution is 0.122. The Bertz CT molecular complexity index is 472. The molecule has 0 amide bonds. The van der Waals surface area contributed by atoms with Crippen molar-refractivity contribution in [2.45, 2.75) is 32.9 Å². The minimum Gasteiger partial charge on any atom is -0.378 e. The van der Waals surface area contributed by atoms with E-state index in [-0.39, 0.29) is 11.1 Å². The van der Waals surface area contributed by atoms with Gasteiger partial charge in [-0.1, -0.05) is 0 Å². The highest BCUT2D eigenvalue weighted by molar-refractivity contribution is 5.30. The molecule has 0 bridgehead atoms. The molecule has 0 radical (unpaired) electrons. The van der Waals surface area contributed by atoms with Crippen LogP contribution in [0.4, 0.5) is 5.95 Å². The summed E-state index contributed by atoms with van der Waals surface area (Å²) < 4.78 is 5.30. The van der Waals surface area contributed by atoms with Gasteiger partial charge in [-0.05, 0) is 20.8 Å². The zero-order chi connectivity index (χ0) is 13.9. The maximum Gasteiger partial charge on any atom is 0.252 e. The number of nitrogens with zero attached hydrogens (tertiary/aromatic N) is 2. The van der Waals surface area contributed by atoms with Crippen LogP contribution in [-0.2, 0) is 11.3 Å². The molecule has 1 aromatic heterocycles. The minimum atomic E-state index is -0.109. The number of aromatic nitrogens is 2. The monoisotopic (exact) mass is 266 g/mol. The average molecular weight is 266 g/mol. The van der Waals surface area contributed by atoms with Crippen molar-refractivity contribution in [1.29, 1.82) is 0 Å². The fourth-order valence-electron chi connectivity index (χ4n) is 1.87. The molecule has 0 unspecified atom stereocenters. The fraction of sp³-hybridized carbons (Fsp3) is 0.692. The fourth-order valence-corrected chi connectivity index (χ4v) is 1.87. The maximum absolute atomic E-state index is 11.7. The van der Waals surface area contributed by atoms with E-state index in [0.717, 1.165) is 18.8 Å². The molecule has 1 aromatic rings. The highest BCUT2D eigenvalue weighted by atomic mass is 16.5. The molecular weight excluding hydrogens is 244 g/mol. The van der Waals surface area contributed by atoms with Gasteiger partial charge in [0.15, 0.2) is 0 Å². The van der Waals surface area contributed by atoms with Crippen LogP contribution < -0.4 is 15.8 Å². The Hall–Kier alpha value is -1.40. The number of nitrogens with one attached hydrogen (secondary N) is 2. The second-order valence-corrected chi connectivity index (χ2v) is 5.76. The van der Waals surface area contributed by atoms with E-state index in [1.54, 1.807) is 6.07 Å². The van der Waals surface area contributed by atoms with Gasteiger partial charge < -0.3 is 15.0 Å². The van der Waals surface area contributed by atoms with Crippen molar-refractivity contribution in [3.63, 3.8) is 0 Å². The summed E-state index contributed by atoms with van der Waals surface area (Å²) in [4.78, 5) is 21.0. The molecular formula is C13H22N4O2. The summed E-state index contributed by atoms with van der Waals surface area (Å²) >= 11 is 0. The highest BCUT2D eigenvalue weighted by Gasteiger charge is 2.15. The SMILES string of the molecule is CC(C)(C)NCc1cc(=O)[nH]c(N2CCOCC2)n1. The van der Waals surface area contributed by atoms with Crippen LogP contribution in [0.3, 0.4) is 0 Å². The van der Waals surface area contributed by atoms with E-state index in [4.69, 9.17) is 4.74 Å². The van der Waals surface area contributed by atoms with Crippen LogP contribution in [-0.4, -0.2) is 41.8 Å². The predicted molar refractivity (Wildman–Crippen MR) is 74.5 cm³/mol. The second-order valence-electron chi connectivity index (χ2n) is 5.76. The standard InChI is InChI=1S/C13H22N4O2/c1-13(2,3)14-9-10-8-11(18)16-12(15-10)17-4-6-19-7-5-17/h8,14H,4-7,9H2,1-3H3,(H,15,16,18). The van der Waals surface area contributed by atoms with Gasteiger partial charge in [0.2, 0.25) is 5.95 Å². The van der Waals surface area contributed by atoms with Gasteiger partial charge in [-0.25, -0.2) is 4.98 Å². The van der Waals surface area contributed by atoms with E-state index in [1.807, 2.05) is 4.90 Å². The first-order valence-electron chi connectivity index (χ1n) is 6.62. The van der Waals surface area contributed by atoms with E-state index >= 15 is 0 Å². The quantitative estimate of drug-likeness (QED) is 0.833. The third kappa shape index (κ3) is 4.33. The topological polar surface area (TPSA) is 70.2 Å². The van der Waals surface area contributed by atoms with Gasteiger partial charge in [0.25, 0.3) is 5.56 Å². The normalized spacial score (nSPS) is 16.7.